The van der Waals surface area contributed by atoms with Crippen molar-refractivity contribution in [2.75, 3.05) is 39.4 Å². The molecule has 0 amide bonds. The summed E-state index contributed by atoms with van der Waals surface area (Å²) < 4.78 is 47.3. The van der Waals surface area contributed by atoms with E-state index in [9.17, 15) is 14.2 Å². The van der Waals surface area contributed by atoms with Crippen LogP contribution in [0.15, 0.2) is 40.5 Å². The van der Waals surface area contributed by atoms with Gasteiger partial charge in [-0.1, -0.05) is 37.4 Å². The van der Waals surface area contributed by atoms with Crippen LogP contribution in [0.3, 0.4) is 0 Å². The predicted molar refractivity (Wildman–Crippen MR) is 163 cm³/mol. The Kier molecular flexibility index (Phi) is 11.7. The summed E-state index contributed by atoms with van der Waals surface area (Å²) >= 11 is 1.40. The Labute approximate surface area is 265 Å². The average molecular weight is 664 g/mol. The summed E-state index contributed by atoms with van der Waals surface area (Å²) in [4.78, 5) is 38.7. The smallest absolute Gasteiger partial charge is 0.361 e. The second-order valence-corrected chi connectivity index (χ2v) is 13.9. The molecular formula is C29H38N5O9PS. The number of carbonyl (C=O) groups excluding carboxylic acids is 2. The molecule has 2 heterocycles. The zero-order chi connectivity index (χ0) is 31.6. The van der Waals surface area contributed by atoms with E-state index in [0.29, 0.717) is 16.2 Å². The number of carbonyl (C=O) groups is 2. The molecule has 2 aliphatic carbocycles. The topological polar surface area (TPSA) is 176 Å². The third kappa shape index (κ3) is 9.17. The number of hydrogen-bond acceptors (Lipinski definition) is 14. The lowest BCUT2D eigenvalue weighted by Gasteiger charge is -2.19. The van der Waals surface area contributed by atoms with Crippen molar-refractivity contribution in [1.29, 1.82) is 0 Å². The third-order valence-corrected chi connectivity index (χ3v) is 10.2. The number of nitrogens with two attached hydrogens (primary N) is 1. The second kappa shape index (κ2) is 15.9. The maximum atomic E-state index is 13.5. The number of fused-ring (bicyclic) bond motifs is 1. The van der Waals surface area contributed by atoms with E-state index < -0.39 is 39.5 Å². The number of benzene rings is 1. The van der Waals surface area contributed by atoms with E-state index in [0.717, 1.165) is 62.0 Å². The van der Waals surface area contributed by atoms with Crippen LogP contribution in [0.1, 0.15) is 51.4 Å². The molecule has 0 saturated heterocycles. The molecule has 16 heteroatoms. The molecular weight excluding hydrogens is 625 g/mol. The van der Waals surface area contributed by atoms with Crippen LogP contribution in [0.2, 0.25) is 0 Å². The Balaban J connectivity index is 1.17. The van der Waals surface area contributed by atoms with Gasteiger partial charge in [-0.3, -0.25) is 23.2 Å². The van der Waals surface area contributed by atoms with E-state index in [1.165, 1.54) is 11.8 Å². The van der Waals surface area contributed by atoms with Crippen LogP contribution in [0.4, 0.5) is 5.95 Å². The van der Waals surface area contributed by atoms with E-state index in [1.54, 1.807) is 18.0 Å². The zero-order valence-electron chi connectivity index (χ0n) is 25.1. The van der Waals surface area contributed by atoms with Gasteiger partial charge in [0.15, 0.2) is 5.65 Å². The van der Waals surface area contributed by atoms with Gasteiger partial charge in [0.2, 0.25) is 19.5 Å². The molecule has 2 N–H and O–H groups in total. The highest BCUT2D eigenvalue weighted by Crippen LogP contribution is 2.48. The number of hydrogen-bond donors (Lipinski definition) is 1. The van der Waals surface area contributed by atoms with E-state index in [4.69, 9.17) is 33.7 Å². The van der Waals surface area contributed by atoms with Crippen molar-refractivity contribution in [1.82, 2.24) is 19.5 Å². The molecule has 0 bridgehead atoms. The molecule has 14 nitrogen and oxygen atoms in total. The average Bonchev–Trinajstić information content (AvgIpc) is 3.83. The Hall–Kier alpha value is -3.23. The number of nitrogens with zero attached hydrogens (tertiary/aromatic N) is 4. The highest BCUT2D eigenvalue weighted by molar-refractivity contribution is 7.99. The van der Waals surface area contributed by atoms with E-state index in [2.05, 4.69) is 15.0 Å². The summed E-state index contributed by atoms with van der Waals surface area (Å²) in [6.45, 7) is -0.767. The minimum atomic E-state index is -3.97. The molecule has 5 rings (SSSR count). The van der Waals surface area contributed by atoms with Crippen LogP contribution < -0.4 is 10.5 Å². The van der Waals surface area contributed by atoms with Gasteiger partial charge in [0.05, 0.1) is 31.9 Å². The lowest BCUT2D eigenvalue weighted by molar-refractivity contribution is -0.157. The zero-order valence-corrected chi connectivity index (χ0v) is 26.8. The van der Waals surface area contributed by atoms with Crippen molar-refractivity contribution in [3.63, 3.8) is 0 Å². The van der Waals surface area contributed by atoms with Crippen molar-refractivity contribution < 1.29 is 42.1 Å². The summed E-state index contributed by atoms with van der Waals surface area (Å²) in [7, 11) is -2.36. The fourth-order valence-electron chi connectivity index (χ4n) is 5.26. The first-order chi connectivity index (χ1) is 21.8. The minimum absolute atomic E-state index is 0.0801. The number of rotatable bonds is 16. The Bertz CT molecular complexity index is 1460. The monoisotopic (exact) mass is 663 g/mol. The highest BCUT2D eigenvalue weighted by atomic mass is 32.2. The molecule has 0 spiro atoms. The molecule has 2 saturated carbocycles. The van der Waals surface area contributed by atoms with E-state index in [1.807, 2.05) is 24.3 Å². The Morgan fingerprint density at radius 2 is 1.56 bits per heavy atom. The highest BCUT2D eigenvalue weighted by Gasteiger charge is 2.30. The van der Waals surface area contributed by atoms with Crippen LogP contribution in [-0.2, 0) is 44.0 Å². The predicted octanol–water partition coefficient (Wildman–Crippen LogP) is 5.15. The fourth-order valence-corrected chi connectivity index (χ4v) is 7.14. The van der Waals surface area contributed by atoms with Gasteiger partial charge in [-0.15, -0.1) is 0 Å². The molecule has 2 aromatic heterocycles. The molecule has 2 fully saturated rings. The van der Waals surface area contributed by atoms with Crippen molar-refractivity contribution in [2.24, 2.45) is 11.8 Å². The molecule has 0 aliphatic heterocycles. The maximum Gasteiger partial charge on any atom is 0.361 e. The van der Waals surface area contributed by atoms with E-state index >= 15 is 0 Å². The molecule has 2 aliphatic rings. The molecule has 45 heavy (non-hydrogen) atoms. The number of aromatic nitrogens is 4. The Morgan fingerprint density at radius 3 is 2.13 bits per heavy atom. The van der Waals surface area contributed by atoms with Gasteiger partial charge in [-0.05, 0) is 49.9 Å². The number of ether oxygens (including phenoxy) is 4. The number of methoxy groups -OCH3 is 1. The van der Waals surface area contributed by atoms with Crippen LogP contribution in [-0.4, -0.2) is 65.1 Å². The number of esters is 2. The first-order valence-corrected chi connectivity index (χ1v) is 17.5. The van der Waals surface area contributed by atoms with Crippen LogP contribution in [0, 0.1) is 11.8 Å². The number of imidazole rings is 1. The molecule has 0 atom stereocenters. The van der Waals surface area contributed by atoms with Crippen LogP contribution in [0.25, 0.3) is 11.2 Å². The van der Waals surface area contributed by atoms with Gasteiger partial charge >= 0.3 is 19.5 Å². The third-order valence-electron chi connectivity index (χ3n) is 7.73. The molecule has 3 aromatic rings. The Morgan fingerprint density at radius 1 is 0.956 bits per heavy atom. The van der Waals surface area contributed by atoms with Gasteiger partial charge in [0.1, 0.15) is 22.6 Å². The van der Waals surface area contributed by atoms with Gasteiger partial charge < -0.3 is 29.2 Å². The molecule has 0 unspecified atom stereocenters. The van der Waals surface area contributed by atoms with Crippen LogP contribution >= 0.6 is 19.4 Å². The molecule has 0 radical (unpaired) electrons. The second-order valence-electron chi connectivity index (χ2n) is 10.8. The summed E-state index contributed by atoms with van der Waals surface area (Å²) in [5.41, 5.74) is 7.08. The van der Waals surface area contributed by atoms with Gasteiger partial charge in [-0.2, -0.15) is 4.98 Å². The van der Waals surface area contributed by atoms with Gasteiger partial charge in [-0.25, -0.2) is 9.97 Å². The normalized spacial score (nSPS) is 15.9. The van der Waals surface area contributed by atoms with Gasteiger partial charge in [0.25, 0.3) is 0 Å². The first kappa shape index (κ1) is 33.1. The molecule has 244 valence electrons. The summed E-state index contributed by atoms with van der Waals surface area (Å²) in [6, 6.07) is 7.52. The lowest BCUT2D eigenvalue weighted by Crippen LogP contribution is -2.19. The SMILES string of the molecule is COc1ccc(Sc2nc(N)nc3c2ncn3CCOCP(=O)(OCOC(=O)C2CCCC2)OCOC(=O)C2CCCC2)cc1. The summed E-state index contributed by atoms with van der Waals surface area (Å²) in [6.07, 6.45) is 8.04. The molecule has 1 aromatic carbocycles. The van der Waals surface area contributed by atoms with Gasteiger partial charge in [0, 0.05) is 11.4 Å². The van der Waals surface area contributed by atoms with Crippen LogP contribution in [0.5, 0.6) is 5.75 Å². The maximum absolute atomic E-state index is 13.5. The lowest BCUT2D eigenvalue weighted by atomic mass is 10.1. The minimum Gasteiger partial charge on any atom is -0.497 e. The van der Waals surface area contributed by atoms with Crippen molar-refractivity contribution >= 4 is 48.4 Å². The van der Waals surface area contributed by atoms with Crippen molar-refractivity contribution in [2.45, 2.75) is 67.8 Å². The standard InChI is InChI=1S/C29H38N5O9PS/c1-38-22-10-12-23(13-11-22)45-26-24-25(32-29(30)33-26)34(16-31-24)14-15-39-19-44(37,42-17-40-27(35)20-6-2-3-7-20)43-18-41-28(36)21-8-4-5-9-21/h10-13,16,20-21H,2-9,14-15,17-19H2,1H3,(H2,30,32,33). The van der Waals surface area contributed by atoms with E-state index in [-0.39, 0.29) is 30.9 Å². The summed E-state index contributed by atoms with van der Waals surface area (Å²) in [5.74, 6) is -0.333. The fraction of sp³-hybridized carbons (Fsp3) is 0.552. The van der Waals surface area contributed by atoms with Crippen molar-refractivity contribution in [3.8, 4) is 5.75 Å². The quantitative estimate of drug-likeness (QED) is 0.0700. The largest absolute Gasteiger partial charge is 0.497 e. The number of nitrogen functional groups attached to an aromatic ring is 1. The summed E-state index contributed by atoms with van der Waals surface area (Å²) in [5, 5.41) is 0.591. The number of anilines is 1. The first-order valence-electron chi connectivity index (χ1n) is 14.9. The van der Waals surface area contributed by atoms with Crippen molar-refractivity contribution in [3.05, 3.63) is 30.6 Å².